The third-order valence-electron chi connectivity index (χ3n) is 3.14. The van der Waals surface area contributed by atoms with Crippen LogP contribution in [0.25, 0.3) is 0 Å². The molecular weight excluding hydrogens is 327 g/mol. The zero-order valence-corrected chi connectivity index (χ0v) is 14.0. The van der Waals surface area contributed by atoms with E-state index in [1.165, 1.54) is 18.2 Å². The van der Waals surface area contributed by atoms with E-state index in [1.807, 2.05) is 42.5 Å². The molecule has 0 atom stereocenters. The van der Waals surface area contributed by atoms with Crippen molar-refractivity contribution in [2.24, 2.45) is 0 Å². The molecule has 2 rings (SSSR count). The topological polar surface area (TPSA) is 26.3 Å². The summed E-state index contributed by atoms with van der Waals surface area (Å²) in [6.07, 6.45) is 3.35. The Bertz CT molecular complexity index is 567. The van der Waals surface area contributed by atoms with Crippen molar-refractivity contribution in [1.82, 2.24) is 0 Å². The molecule has 2 aromatic carbocycles. The summed E-state index contributed by atoms with van der Waals surface area (Å²) in [4.78, 5) is 11.4. The van der Waals surface area contributed by atoms with Gasteiger partial charge >= 0.3 is 132 Å². The molecule has 0 bridgehead atoms. The molecule has 0 aliphatic carbocycles. The molecule has 110 valence electrons. The molecule has 0 saturated heterocycles. The maximum atomic E-state index is 11.4. The number of carbonyl (C=O) groups excluding carboxylic acids is 1. The van der Waals surface area contributed by atoms with Gasteiger partial charge in [0.15, 0.2) is 0 Å². The molecule has 0 saturated carbocycles. The third-order valence-corrected chi connectivity index (χ3v) is 5.57. The fraction of sp³-hybridized carbons (Fsp3) is 0.278. The van der Waals surface area contributed by atoms with Crippen LogP contribution in [0, 0.1) is 0 Å². The Labute approximate surface area is 132 Å². The van der Waals surface area contributed by atoms with Crippen LogP contribution in [-0.2, 0) is 6.61 Å². The summed E-state index contributed by atoms with van der Waals surface area (Å²) < 4.78 is 6.99. The second kappa shape index (κ2) is 8.66. The van der Waals surface area contributed by atoms with Crippen LogP contribution in [0.3, 0.4) is 0 Å². The van der Waals surface area contributed by atoms with Crippen LogP contribution in [0.5, 0.6) is 5.75 Å². The van der Waals surface area contributed by atoms with Crippen LogP contribution in [0.4, 0.5) is 0 Å². The zero-order chi connectivity index (χ0) is 14.9. The monoisotopic (exact) mass is 348 g/mol. The average molecular weight is 347 g/mol. The molecule has 0 unspecified atom stereocenters. The molecule has 2 nitrogen and oxygen atoms in total. The molecule has 2 aromatic rings. The van der Waals surface area contributed by atoms with E-state index in [9.17, 15) is 4.79 Å². The van der Waals surface area contributed by atoms with Crippen molar-refractivity contribution < 1.29 is 9.53 Å². The van der Waals surface area contributed by atoms with E-state index in [1.54, 1.807) is 0 Å². The summed E-state index contributed by atoms with van der Waals surface area (Å²) in [7, 11) is 0. The number of benzene rings is 2. The van der Waals surface area contributed by atoms with Gasteiger partial charge in [-0.15, -0.1) is 0 Å². The zero-order valence-electron chi connectivity index (χ0n) is 12.2. The van der Waals surface area contributed by atoms with Crippen molar-refractivity contribution in [3.05, 3.63) is 59.7 Å². The summed E-state index contributed by atoms with van der Waals surface area (Å²) >= 11 is 0.346. The van der Waals surface area contributed by atoms with Gasteiger partial charge in [0.1, 0.15) is 0 Å². The molecule has 3 heteroatoms. The first-order valence-electron chi connectivity index (χ1n) is 7.23. The average Bonchev–Trinajstić information content (AvgIpc) is 2.54. The maximum absolute atomic E-state index is 11.4. The Morgan fingerprint density at radius 3 is 2.62 bits per heavy atom. The molecule has 0 heterocycles. The molecule has 0 N–H and O–H groups in total. The van der Waals surface area contributed by atoms with E-state index in [4.69, 9.17) is 4.74 Å². The number of carbonyl (C=O) groups is 1. The van der Waals surface area contributed by atoms with Gasteiger partial charge in [-0.25, -0.2) is 0 Å². The van der Waals surface area contributed by atoms with Crippen molar-refractivity contribution >= 4 is 25.7 Å². The van der Waals surface area contributed by atoms with Gasteiger partial charge in [0.2, 0.25) is 0 Å². The standard InChI is InChI=1S/C18H20O2Se/c1-2-3-12-21-18-11-7-10-17(16(18)13-19)20-14-15-8-5-4-6-9-15/h4-11,13H,2-3,12,14H2,1H3. The van der Waals surface area contributed by atoms with Gasteiger partial charge in [-0.2, -0.15) is 0 Å². The fourth-order valence-corrected chi connectivity index (χ4v) is 4.33. The van der Waals surface area contributed by atoms with Crippen LogP contribution < -0.4 is 9.20 Å². The molecule has 0 amide bonds. The Morgan fingerprint density at radius 1 is 1.10 bits per heavy atom. The summed E-state index contributed by atoms with van der Waals surface area (Å²) in [5, 5.41) is 1.17. The van der Waals surface area contributed by atoms with Gasteiger partial charge in [-0.1, -0.05) is 0 Å². The number of hydrogen-bond donors (Lipinski definition) is 0. The van der Waals surface area contributed by atoms with Gasteiger partial charge in [0.25, 0.3) is 0 Å². The predicted molar refractivity (Wildman–Crippen MR) is 87.7 cm³/mol. The quantitative estimate of drug-likeness (QED) is 0.414. The molecule has 0 aliphatic rings. The predicted octanol–water partition coefficient (Wildman–Crippen LogP) is 3.63. The van der Waals surface area contributed by atoms with Crippen LogP contribution in [0.1, 0.15) is 35.7 Å². The first-order valence-corrected chi connectivity index (χ1v) is 9.29. The van der Waals surface area contributed by atoms with Crippen molar-refractivity contribution in [1.29, 1.82) is 0 Å². The van der Waals surface area contributed by atoms with Gasteiger partial charge in [0.05, 0.1) is 0 Å². The van der Waals surface area contributed by atoms with E-state index in [2.05, 4.69) is 13.0 Å². The van der Waals surface area contributed by atoms with Crippen molar-refractivity contribution in [3.63, 3.8) is 0 Å². The molecule has 0 aromatic heterocycles. The van der Waals surface area contributed by atoms with E-state index < -0.39 is 0 Å². The molecule has 21 heavy (non-hydrogen) atoms. The summed E-state index contributed by atoms with van der Waals surface area (Å²) in [6.45, 7) is 2.68. The minimum atomic E-state index is 0.346. The second-order valence-electron chi connectivity index (χ2n) is 4.76. The van der Waals surface area contributed by atoms with E-state index in [0.29, 0.717) is 27.3 Å². The molecule has 0 radical (unpaired) electrons. The Balaban J connectivity index is 2.08. The Hall–Kier alpha value is -1.57. The Kier molecular flexibility index (Phi) is 6.52. The van der Waals surface area contributed by atoms with Gasteiger partial charge in [0, 0.05) is 0 Å². The van der Waals surface area contributed by atoms with E-state index in [0.717, 1.165) is 21.9 Å². The SMILES string of the molecule is CCCC[Se]c1cccc(OCc2ccccc2)c1C=O. The first kappa shape index (κ1) is 15.8. The van der Waals surface area contributed by atoms with E-state index in [-0.39, 0.29) is 0 Å². The molecule has 0 fully saturated rings. The number of ether oxygens (including phenoxy) is 1. The summed E-state index contributed by atoms with van der Waals surface area (Å²) in [5.41, 5.74) is 1.83. The van der Waals surface area contributed by atoms with Crippen LogP contribution in [0.15, 0.2) is 48.5 Å². The van der Waals surface area contributed by atoms with Crippen molar-refractivity contribution in [2.45, 2.75) is 31.7 Å². The minimum absolute atomic E-state index is 0.346. The summed E-state index contributed by atoms with van der Waals surface area (Å²) in [5.74, 6) is 0.699. The van der Waals surface area contributed by atoms with Crippen LogP contribution >= 0.6 is 0 Å². The molecular formula is C18H20O2Se. The van der Waals surface area contributed by atoms with Gasteiger partial charge < -0.3 is 0 Å². The molecule has 0 aliphatic heterocycles. The summed E-state index contributed by atoms with van der Waals surface area (Å²) in [6, 6.07) is 15.9. The van der Waals surface area contributed by atoms with Gasteiger partial charge in [-0.05, 0) is 0 Å². The van der Waals surface area contributed by atoms with Crippen molar-refractivity contribution in [2.75, 3.05) is 0 Å². The van der Waals surface area contributed by atoms with Crippen molar-refractivity contribution in [3.8, 4) is 5.75 Å². The van der Waals surface area contributed by atoms with Crippen LogP contribution in [0.2, 0.25) is 5.32 Å². The fourth-order valence-electron chi connectivity index (χ4n) is 1.95. The number of hydrogen-bond acceptors (Lipinski definition) is 2. The number of unbranched alkanes of at least 4 members (excludes halogenated alkanes) is 1. The molecule has 0 spiro atoms. The third kappa shape index (κ3) is 4.73. The van der Waals surface area contributed by atoms with Gasteiger partial charge in [-0.3, -0.25) is 0 Å². The van der Waals surface area contributed by atoms with Crippen LogP contribution in [-0.4, -0.2) is 21.2 Å². The Morgan fingerprint density at radius 2 is 1.90 bits per heavy atom. The normalized spacial score (nSPS) is 10.3. The van der Waals surface area contributed by atoms with E-state index >= 15 is 0 Å². The number of aldehydes is 1. The first-order chi connectivity index (χ1) is 10.3. The second-order valence-corrected chi connectivity index (χ2v) is 7.15. The number of rotatable bonds is 8.